The topological polar surface area (TPSA) is 65.4 Å². The quantitative estimate of drug-likeness (QED) is 0.907. The number of carbonyl (C=O) groups is 1. The molecular formula is C16H20FN3O2. The lowest BCUT2D eigenvalue weighted by molar-refractivity contribution is -0.115. The van der Waals surface area contributed by atoms with Crippen LogP contribution in [0, 0.1) is 23.1 Å². The van der Waals surface area contributed by atoms with E-state index in [0.717, 1.165) is 25.9 Å². The normalized spacial score (nSPS) is 16.0. The first-order valence-electron chi connectivity index (χ1n) is 7.36. The first-order valence-corrected chi connectivity index (χ1v) is 7.36. The molecule has 0 bridgehead atoms. The standard InChI is InChI=1S/C16H20FN3O2/c1-20-8-5-12(6-9-20)11-22-15-3-2-13(17)10-14(15)19-16(21)4-7-18/h2-3,10,12H,4-6,8-9,11H2,1H3,(H,19,21). The van der Waals surface area contributed by atoms with Gasteiger partial charge in [0.2, 0.25) is 5.91 Å². The smallest absolute Gasteiger partial charge is 0.238 e. The van der Waals surface area contributed by atoms with Crippen LogP contribution in [0.4, 0.5) is 10.1 Å². The number of hydrogen-bond acceptors (Lipinski definition) is 4. The molecule has 2 rings (SSSR count). The highest BCUT2D eigenvalue weighted by atomic mass is 19.1. The molecule has 118 valence electrons. The van der Waals surface area contributed by atoms with Gasteiger partial charge in [0.1, 0.15) is 18.0 Å². The van der Waals surface area contributed by atoms with Crippen LogP contribution in [-0.4, -0.2) is 37.6 Å². The highest BCUT2D eigenvalue weighted by molar-refractivity contribution is 5.93. The summed E-state index contributed by atoms with van der Waals surface area (Å²) in [5.74, 6) is -0.0355. The third-order valence-electron chi connectivity index (χ3n) is 3.77. The van der Waals surface area contributed by atoms with E-state index < -0.39 is 11.7 Å². The zero-order chi connectivity index (χ0) is 15.9. The molecule has 1 aliphatic heterocycles. The molecule has 6 heteroatoms. The number of hydrogen-bond donors (Lipinski definition) is 1. The van der Waals surface area contributed by atoms with E-state index in [-0.39, 0.29) is 12.1 Å². The molecule has 0 unspecified atom stereocenters. The Morgan fingerprint density at radius 1 is 1.50 bits per heavy atom. The molecule has 1 aromatic carbocycles. The van der Waals surface area contributed by atoms with Gasteiger partial charge in [-0.05, 0) is 51.0 Å². The molecule has 1 N–H and O–H groups in total. The van der Waals surface area contributed by atoms with Crippen LogP contribution in [0.1, 0.15) is 19.3 Å². The molecule has 0 radical (unpaired) electrons. The van der Waals surface area contributed by atoms with E-state index in [9.17, 15) is 9.18 Å². The van der Waals surface area contributed by atoms with Gasteiger partial charge >= 0.3 is 0 Å². The van der Waals surface area contributed by atoms with Gasteiger partial charge in [0.25, 0.3) is 0 Å². The Morgan fingerprint density at radius 3 is 2.91 bits per heavy atom. The molecular weight excluding hydrogens is 285 g/mol. The zero-order valence-electron chi connectivity index (χ0n) is 12.6. The van der Waals surface area contributed by atoms with Crippen molar-refractivity contribution in [2.24, 2.45) is 5.92 Å². The number of anilines is 1. The van der Waals surface area contributed by atoms with Crippen LogP contribution in [0.3, 0.4) is 0 Å². The lowest BCUT2D eigenvalue weighted by atomic mass is 9.98. The summed E-state index contributed by atoms with van der Waals surface area (Å²) in [5.41, 5.74) is 0.271. The van der Waals surface area contributed by atoms with Crippen molar-refractivity contribution >= 4 is 11.6 Å². The number of nitrogens with one attached hydrogen (secondary N) is 1. The number of carbonyl (C=O) groups excluding carboxylic acids is 1. The lowest BCUT2D eigenvalue weighted by Crippen LogP contribution is -2.32. The summed E-state index contributed by atoms with van der Waals surface area (Å²) >= 11 is 0. The minimum atomic E-state index is -0.475. The Labute approximate surface area is 129 Å². The SMILES string of the molecule is CN1CCC(COc2ccc(F)cc2NC(=O)CC#N)CC1. The number of ether oxygens (including phenoxy) is 1. The molecule has 1 amide bonds. The molecule has 1 fully saturated rings. The van der Waals surface area contributed by atoms with Crippen molar-refractivity contribution in [1.29, 1.82) is 5.26 Å². The van der Waals surface area contributed by atoms with Gasteiger partial charge < -0.3 is 15.0 Å². The second-order valence-electron chi connectivity index (χ2n) is 5.58. The third kappa shape index (κ3) is 4.71. The number of nitrogens with zero attached hydrogens (tertiary/aromatic N) is 2. The highest BCUT2D eigenvalue weighted by Crippen LogP contribution is 2.27. The summed E-state index contributed by atoms with van der Waals surface area (Å²) < 4.78 is 19.1. The van der Waals surface area contributed by atoms with Gasteiger partial charge in [-0.1, -0.05) is 0 Å². The van der Waals surface area contributed by atoms with E-state index in [1.54, 1.807) is 6.07 Å². The number of halogens is 1. The summed E-state index contributed by atoms with van der Waals surface area (Å²) in [6, 6.07) is 5.77. The molecule has 1 heterocycles. The summed E-state index contributed by atoms with van der Waals surface area (Å²) in [7, 11) is 2.10. The Kier molecular flexibility index (Phi) is 5.73. The molecule has 0 spiro atoms. The number of nitriles is 1. The monoisotopic (exact) mass is 305 g/mol. The van der Waals surface area contributed by atoms with Gasteiger partial charge in [-0.3, -0.25) is 4.79 Å². The fraction of sp³-hybridized carbons (Fsp3) is 0.500. The van der Waals surface area contributed by atoms with Crippen molar-refractivity contribution in [3.05, 3.63) is 24.0 Å². The molecule has 0 atom stereocenters. The summed E-state index contributed by atoms with van der Waals surface area (Å²) in [6.07, 6.45) is 1.85. The Bertz CT molecular complexity index is 563. The molecule has 5 nitrogen and oxygen atoms in total. The maximum atomic E-state index is 13.3. The third-order valence-corrected chi connectivity index (χ3v) is 3.77. The fourth-order valence-electron chi connectivity index (χ4n) is 2.43. The van der Waals surface area contributed by atoms with Gasteiger partial charge in [-0.15, -0.1) is 0 Å². The van der Waals surface area contributed by atoms with E-state index in [2.05, 4.69) is 17.3 Å². The number of piperidine rings is 1. The van der Waals surface area contributed by atoms with Crippen LogP contribution in [0.2, 0.25) is 0 Å². The van der Waals surface area contributed by atoms with E-state index in [4.69, 9.17) is 10.00 Å². The molecule has 0 aromatic heterocycles. The summed E-state index contributed by atoms with van der Waals surface area (Å²) in [6.45, 7) is 2.63. The van der Waals surface area contributed by atoms with E-state index >= 15 is 0 Å². The van der Waals surface area contributed by atoms with Crippen molar-refractivity contribution in [2.45, 2.75) is 19.3 Å². The Balaban J connectivity index is 1.97. The Morgan fingerprint density at radius 2 is 2.23 bits per heavy atom. The predicted octanol–water partition coefficient (Wildman–Crippen LogP) is 2.40. The maximum absolute atomic E-state index is 13.3. The van der Waals surface area contributed by atoms with Crippen molar-refractivity contribution in [1.82, 2.24) is 4.90 Å². The number of likely N-dealkylation sites (tertiary alicyclic amines) is 1. The second kappa shape index (κ2) is 7.76. The highest BCUT2D eigenvalue weighted by Gasteiger charge is 2.18. The van der Waals surface area contributed by atoms with Gasteiger partial charge in [0.15, 0.2) is 0 Å². The van der Waals surface area contributed by atoms with Gasteiger partial charge in [0, 0.05) is 6.07 Å². The second-order valence-corrected chi connectivity index (χ2v) is 5.58. The predicted molar refractivity (Wildman–Crippen MR) is 81.0 cm³/mol. The van der Waals surface area contributed by atoms with E-state index in [0.29, 0.717) is 18.3 Å². The molecule has 0 saturated carbocycles. The van der Waals surface area contributed by atoms with E-state index in [1.165, 1.54) is 18.2 Å². The summed E-state index contributed by atoms with van der Waals surface area (Å²) in [4.78, 5) is 13.8. The average molecular weight is 305 g/mol. The fourth-order valence-corrected chi connectivity index (χ4v) is 2.43. The van der Waals surface area contributed by atoms with Crippen LogP contribution >= 0.6 is 0 Å². The largest absolute Gasteiger partial charge is 0.491 e. The first kappa shape index (κ1) is 16.2. The van der Waals surface area contributed by atoms with Crippen molar-refractivity contribution < 1.29 is 13.9 Å². The maximum Gasteiger partial charge on any atom is 0.238 e. The Hall–Kier alpha value is -2.13. The van der Waals surface area contributed by atoms with Crippen molar-refractivity contribution in [3.8, 4) is 11.8 Å². The number of amides is 1. The molecule has 1 saturated heterocycles. The summed E-state index contributed by atoms with van der Waals surface area (Å²) in [5, 5.41) is 11.0. The molecule has 1 aliphatic rings. The minimum absolute atomic E-state index is 0.271. The minimum Gasteiger partial charge on any atom is -0.491 e. The number of rotatable bonds is 5. The van der Waals surface area contributed by atoms with Crippen LogP contribution in [0.15, 0.2) is 18.2 Å². The van der Waals surface area contributed by atoms with Crippen LogP contribution in [-0.2, 0) is 4.79 Å². The van der Waals surface area contributed by atoms with Crippen LogP contribution in [0.5, 0.6) is 5.75 Å². The van der Waals surface area contributed by atoms with Crippen LogP contribution < -0.4 is 10.1 Å². The van der Waals surface area contributed by atoms with Gasteiger partial charge in [-0.25, -0.2) is 4.39 Å². The van der Waals surface area contributed by atoms with Crippen molar-refractivity contribution in [3.63, 3.8) is 0 Å². The van der Waals surface area contributed by atoms with Crippen LogP contribution in [0.25, 0.3) is 0 Å². The molecule has 22 heavy (non-hydrogen) atoms. The molecule has 0 aliphatic carbocycles. The van der Waals surface area contributed by atoms with Crippen molar-refractivity contribution in [2.75, 3.05) is 32.1 Å². The number of benzene rings is 1. The first-order chi connectivity index (χ1) is 10.6. The zero-order valence-corrected chi connectivity index (χ0v) is 12.6. The van der Waals surface area contributed by atoms with Gasteiger partial charge in [-0.2, -0.15) is 5.26 Å². The van der Waals surface area contributed by atoms with E-state index in [1.807, 2.05) is 0 Å². The molecule has 1 aromatic rings. The average Bonchev–Trinajstić information content (AvgIpc) is 2.48. The lowest BCUT2D eigenvalue weighted by Gasteiger charge is -2.29. The van der Waals surface area contributed by atoms with Gasteiger partial charge in [0.05, 0.1) is 18.4 Å².